The topological polar surface area (TPSA) is 42.3 Å². The number of piperidine rings is 1. The summed E-state index contributed by atoms with van der Waals surface area (Å²) in [5.74, 6) is 0.930. The number of likely N-dealkylation sites (tertiary alicyclic amines) is 1. The van der Waals surface area contributed by atoms with Gasteiger partial charge in [-0.1, -0.05) is 29.8 Å². The zero-order chi connectivity index (χ0) is 20.1. The molecule has 0 bridgehead atoms. The molecule has 3 aromatic rings. The predicted octanol–water partition coefficient (Wildman–Crippen LogP) is 3.94. The van der Waals surface area contributed by atoms with Gasteiger partial charge in [-0.15, -0.1) is 0 Å². The van der Waals surface area contributed by atoms with Gasteiger partial charge in [0.05, 0.1) is 12.8 Å². The van der Waals surface area contributed by atoms with E-state index in [1.165, 1.54) is 29.5 Å². The van der Waals surface area contributed by atoms with Gasteiger partial charge in [-0.2, -0.15) is 5.10 Å². The van der Waals surface area contributed by atoms with E-state index in [9.17, 15) is 0 Å². The van der Waals surface area contributed by atoms with E-state index in [1.54, 1.807) is 7.11 Å². The monoisotopic (exact) mass is 390 g/mol. The van der Waals surface area contributed by atoms with Crippen LogP contribution in [-0.4, -0.2) is 40.9 Å². The van der Waals surface area contributed by atoms with Gasteiger partial charge in [0.15, 0.2) is 0 Å². The van der Waals surface area contributed by atoms with Crippen molar-refractivity contribution in [3.05, 3.63) is 77.6 Å². The molecule has 1 N–H and O–H groups in total. The Kier molecular flexibility index (Phi) is 6.27. The Bertz CT molecular complexity index is 922. The van der Waals surface area contributed by atoms with Crippen LogP contribution in [0.3, 0.4) is 0 Å². The molecule has 1 aliphatic heterocycles. The second-order valence-corrected chi connectivity index (χ2v) is 7.89. The van der Waals surface area contributed by atoms with Crippen molar-refractivity contribution in [2.24, 2.45) is 0 Å². The summed E-state index contributed by atoms with van der Waals surface area (Å²) in [5, 5.41) is 8.21. The number of nitrogens with one attached hydrogen (secondary N) is 1. The largest absolute Gasteiger partial charge is 0.497 e. The van der Waals surface area contributed by atoms with E-state index in [2.05, 4.69) is 58.6 Å². The molecule has 1 atom stereocenters. The van der Waals surface area contributed by atoms with Crippen LogP contribution in [0.1, 0.15) is 29.5 Å². The Balaban J connectivity index is 1.38. The highest BCUT2D eigenvalue weighted by Crippen LogP contribution is 2.19. The number of hydrogen-bond donors (Lipinski definition) is 1. The van der Waals surface area contributed by atoms with Crippen LogP contribution >= 0.6 is 0 Å². The number of ether oxygens (including phenoxy) is 1. The normalized spacial score (nSPS) is 17.4. The van der Waals surface area contributed by atoms with E-state index in [1.807, 2.05) is 29.2 Å². The standard InChI is InChI=1S/C24H30N4O/c1-19-9-10-24(28-13-5-11-26-28)21(14-19)16-25-22-7-4-12-27(18-22)17-20-6-3-8-23(15-20)29-2/h3,5-6,8-11,13-15,22,25H,4,7,12,16-18H2,1-2H3. The van der Waals surface area contributed by atoms with E-state index < -0.39 is 0 Å². The average Bonchev–Trinajstić information content (AvgIpc) is 3.27. The lowest BCUT2D eigenvalue weighted by Gasteiger charge is -2.33. The summed E-state index contributed by atoms with van der Waals surface area (Å²) in [6, 6.07) is 17.4. The molecule has 1 aromatic heterocycles. The third-order valence-corrected chi connectivity index (χ3v) is 5.61. The maximum Gasteiger partial charge on any atom is 0.119 e. The smallest absolute Gasteiger partial charge is 0.119 e. The maximum absolute atomic E-state index is 5.37. The molecule has 0 radical (unpaired) electrons. The summed E-state index contributed by atoms with van der Waals surface area (Å²) >= 11 is 0. The summed E-state index contributed by atoms with van der Waals surface area (Å²) in [6.45, 7) is 6.19. The second kappa shape index (κ2) is 9.25. The highest BCUT2D eigenvalue weighted by Gasteiger charge is 2.20. The highest BCUT2D eigenvalue weighted by molar-refractivity contribution is 5.42. The lowest BCUT2D eigenvalue weighted by atomic mass is 10.0. The number of aryl methyl sites for hydroxylation is 1. The SMILES string of the molecule is COc1cccc(CN2CCCC(NCc3cc(C)ccc3-n3cccn3)C2)c1. The van der Waals surface area contributed by atoms with Crippen LogP contribution < -0.4 is 10.1 Å². The van der Waals surface area contributed by atoms with Gasteiger partial charge in [-0.05, 0) is 61.7 Å². The fourth-order valence-electron chi connectivity index (χ4n) is 4.14. The van der Waals surface area contributed by atoms with Gasteiger partial charge < -0.3 is 10.1 Å². The minimum atomic E-state index is 0.500. The van der Waals surface area contributed by atoms with Gasteiger partial charge in [0.2, 0.25) is 0 Å². The van der Waals surface area contributed by atoms with E-state index in [0.717, 1.165) is 37.6 Å². The number of aromatic nitrogens is 2. The molecule has 1 unspecified atom stereocenters. The predicted molar refractivity (Wildman–Crippen MR) is 116 cm³/mol. The molecule has 5 heteroatoms. The van der Waals surface area contributed by atoms with Crippen molar-refractivity contribution in [1.82, 2.24) is 20.0 Å². The number of hydrogen-bond acceptors (Lipinski definition) is 4. The number of rotatable bonds is 7. The Morgan fingerprint density at radius 1 is 1.17 bits per heavy atom. The first-order valence-electron chi connectivity index (χ1n) is 10.4. The summed E-state index contributed by atoms with van der Waals surface area (Å²) in [6.07, 6.45) is 6.28. The molecule has 1 saturated heterocycles. The number of nitrogens with zero attached hydrogens (tertiary/aromatic N) is 3. The first kappa shape index (κ1) is 19.7. The van der Waals surface area contributed by atoms with Crippen molar-refractivity contribution in [2.75, 3.05) is 20.2 Å². The summed E-state index contributed by atoms with van der Waals surface area (Å²) in [4.78, 5) is 2.54. The van der Waals surface area contributed by atoms with Crippen molar-refractivity contribution in [1.29, 1.82) is 0 Å². The Hall–Kier alpha value is -2.63. The van der Waals surface area contributed by atoms with Crippen molar-refractivity contribution in [2.45, 2.75) is 38.9 Å². The third kappa shape index (κ3) is 5.05. The van der Waals surface area contributed by atoms with Crippen LogP contribution in [0, 0.1) is 6.92 Å². The van der Waals surface area contributed by atoms with Gasteiger partial charge in [0.25, 0.3) is 0 Å². The molecule has 2 heterocycles. The molecule has 5 nitrogen and oxygen atoms in total. The van der Waals surface area contributed by atoms with E-state index in [-0.39, 0.29) is 0 Å². The van der Waals surface area contributed by atoms with Crippen LogP contribution in [0.4, 0.5) is 0 Å². The molecule has 1 aliphatic rings. The van der Waals surface area contributed by atoms with Crippen molar-refractivity contribution in [3.8, 4) is 11.4 Å². The van der Waals surface area contributed by atoms with Crippen LogP contribution in [0.5, 0.6) is 5.75 Å². The Labute approximate surface area is 173 Å². The molecule has 4 rings (SSSR count). The fourth-order valence-corrected chi connectivity index (χ4v) is 4.14. The van der Waals surface area contributed by atoms with Crippen LogP contribution in [-0.2, 0) is 13.1 Å². The van der Waals surface area contributed by atoms with Gasteiger partial charge in [0.1, 0.15) is 5.75 Å². The lowest BCUT2D eigenvalue weighted by Crippen LogP contribution is -2.45. The van der Waals surface area contributed by atoms with Crippen molar-refractivity contribution < 1.29 is 4.74 Å². The third-order valence-electron chi connectivity index (χ3n) is 5.61. The fraction of sp³-hybridized carbons (Fsp3) is 0.375. The van der Waals surface area contributed by atoms with Gasteiger partial charge >= 0.3 is 0 Å². The van der Waals surface area contributed by atoms with E-state index >= 15 is 0 Å². The first-order valence-corrected chi connectivity index (χ1v) is 10.4. The van der Waals surface area contributed by atoms with Gasteiger partial charge in [-0.3, -0.25) is 4.90 Å². The minimum absolute atomic E-state index is 0.500. The molecule has 0 amide bonds. The zero-order valence-corrected chi connectivity index (χ0v) is 17.3. The molecule has 152 valence electrons. The molecule has 29 heavy (non-hydrogen) atoms. The second-order valence-electron chi connectivity index (χ2n) is 7.89. The molecule has 0 aliphatic carbocycles. The highest BCUT2D eigenvalue weighted by atomic mass is 16.5. The van der Waals surface area contributed by atoms with Crippen LogP contribution in [0.25, 0.3) is 5.69 Å². The average molecular weight is 391 g/mol. The molecule has 1 fully saturated rings. The molecule has 2 aromatic carbocycles. The first-order chi connectivity index (χ1) is 14.2. The molecule has 0 saturated carbocycles. The summed E-state index contributed by atoms with van der Waals surface area (Å²) < 4.78 is 7.32. The van der Waals surface area contributed by atoms with Crippen LogP contribution in [0.2, 0.25) is 0 Å². The summed E-state index contributed by atoms with van der Waals surface area (Å²) in [5.41, 5.74) is 5.03. The zero-order valence-electron chi connectivity index (χ0n) is 17.3. The lowest BCUT2D eigenvalue weighted by molar-refractivity contribution is 0.182. The molecular formula is C24H30N4O. The minimum Gasteiger partial charge on any atom is -0.497 e. The number of methoxy groups -OCH3 is 1. The molecular weight excluding hydrogens is 360 g/mol. The van der Waals surface area contributed by atoms with E-state index in [4.69, 9.17) is 4.74 Å². The van der Waals surface area contributed by atoms with Gasteiger partial charge in [-0.25, -0.2) is 4.68 Å². The van der Waals surface area contributed by atoms with Crippen molar-refractivity contribution >= 4 is 0 Å². The summed E-state index contributed by atoms with van der Waals surface area (Å²) in [7, 11) is 1.72. The quantitative estimate of drug-likeness (QED) is 0.663. The number of benzene rings is 2. The Morgan fingerprint density at radius 3 is 2.93 bits per heavy atom. The van der Waals surface area contributed by atoms with Gasteiger partial charge in [0, 0.05) is 38.1 Å². The van der Waals surface area contributed by atoms with E-state index in [0.29, 0.717) is 6.04 Å². The van der Waals surface area contributed by atoms with Crippen molar-refractivity contribution in [3.63, 3.8) is 0 Å². The maximum atomic E-state index is 5.37. The molecule has 0 spiro atoms. The Morgan fingerprint density at radius 2 is 2.10 bits per heavy atom. The van der Waals surface area contributed by atoms with Crippen LogP contribution in [0.15, 0.2) is 60.9 Å².